The molecule has 0 amide bonds. The molecule has 2 aromatic carbocycles. The van der Waals surface area contributed by atoms with Gasteiger partial charge in [0.2, 0.25) is 0 Å². The van der Waals surface area contributed by atoms with Crippen molar-refractivity contribution in [2.75, 3.05) is 0 Å². The molecule has 96 valence electrons. The average molecular weight is 382 g/mol. The van der Waals surface area contributed by atoms with Gasteiger partial charge in [0.25, 0.3) is 0 Å². The van der Waals surface area contributed by atoms with Gasteiger partial charge in [0, 0.05) is 8.95 Å². The van der Waals surface area contributed by atoms with Gasteiger partial charge in [0.1, 0.15) is 11.9 Å². The Kier molecular flexibility index (Phi) is 3.46. The molecule has 0 fully saturated rings. The van der Waals surface area contributed by atoms with Crippen LogP contribution in [0.25, 0.3) is 0 Å². The predicted octanol–water partition coefficient (Wildman–Crippen LogP) is 4.92. The molecule has 0 bridgehead atoms. The van der Waals surface area contributed by atoms with E-state index in [0.717, 1.165) is 14.5 Å². The minimum atomic E-state index is -0.210. The molecule has 4 heteroatoms. The number of carbonyl (C=O) groups is 1. The highest BCUT2D eigenvalue weighted by atomic mass is 79.9. The molecule has 1 heterocycles. The fraction of sp³-hybridized carbons (Fsp3) is 0.133. The summed E-state index contributed by atoms with van der Waals surface area (Å²) in [6.45, 7) is 0. The number of hydrogen-bond acceptors (Lipinski definition) is 2. The Morgan fingerprint density at radius 2 is 1.84 bits per heavy atom. The fourth-order valence-corrected chi connectivity index (χ4v) is 2.97. The lowest BCUT2D eigenvalue weighted by Gasteiger charge is -2.25. The lowest BCUT2D eigenvalue weighted by atomic mass is 9.96. The maximum atomic E-state index is 12.2. The third-order valence-electron chi connectivity index (χ3n) is 3.10. The number of carbonyl (C=O) groups excluding carboxylic acids is 1. The van der Waals surface area contributed by atoms with Crippen LogP contribution in [0, 0.1) is 0 Å². The summed E-state index contributed by atoms with van der Waals surface area (Å²) in [6, 6.07) is 13.4. The van der Waals surface area contributed by atoms with Gasteiger partial charge in [-0.3, -0.25) is 4.79 Å². The largest absolute Gasteiger partial charge is 0.484 e. The lowest BCUT2D eigenvalue weighted by molar-refractivity contribution is 0.0850. The number of hydrogen-bond donors (Lipinski definition) is 0. The van der Waals surface area contributed by atoms with Gasteiger partial charge in [-0.2, -0.15) is 0 Å². The minimum Gasteiger partial charge on any atom is -0.484 e. The van der Waals surface area contributed by atoms with Crippen LogP contribution in [0.3, 0.4) is 0 Å². The highest BCUT2D eigenvalue weighted by Crippen LogP contribution is 2.36. The summed E-state index contributed by atoms with van der Waals surface area (Å²) in [7, 11) is 0. The maximum Gasteiger partial charge on any atom is 0.170 e. The van der Waals surface area contributed by atoms with Crippen LogP contribution in [0.1, 0.15) is 28.4 Å². The zero-order valence-corrected chi connectivity index (χ0v) is 13.1. The number of halogens is 2. The number of ether oxygens (including phenoxy) is 1. The fourth-order valence-electron chi connectivity index (χ4n) is 2.19. The molecule has 0 aliphatic carbocycles. The standard InChI is InChI=1S/C15H10Br2O2/c16-10-3-1-2-9(6-10)15-8-13(18)12-7-11(17)4-5-14(12)19-15/h1-7,15H,8H2. The van der Waals surface area contributed by atoms with Crippen molar-refractivity contribution < 1.29 is 9.53 Å². The summed E-state index contributed by atoms with van der Waals surface area (Å²) < 4.78 is 7.82. The van der Waals surface area contributed by atoms with Crippen LogP contribution in [0.2, 0.25) is 0 Å². The Morgan fingerprint density at radius 3 is 2.63 bits per heavy atom. The van der Waals surface area contributed by atoms with E-state index in [4.69, 9.17) is 4.74 Å². The number of benzene rings is 2. The molecule has 0 radical (unpaired) electrons. The predicted molar refractivity (Wildman–Crippen MR) is 80.6 cm³/mol. The zero-order valence-electron chi connectivity index (χ0n) is 9.90. The third-order valence-corrected chi connectivity index (χ3v) is 4.09. The van der Waals surface area contributed by atoms with Crippen molar-refractivity contribution >= 4 is 37.6 Å². The van der Waals surface area contributed by atoms with Gasteiger partial charge in [0.05, 0.1) is 12.0 Å². The molecule has 2 aromatic rings. The Balaban J connectivity index is 1.97. The number of ketones is 1. The van der Waals surface area contributed by atoms with Crippen molar-refractivity contribution in [1.82, 2.24) is 0 Å². The van der Waals surface area contributed by atoms with Gasteiger partial charge in [-0.25, -0.2) is 0 Å². The molecule has 19 heavy (non-hydrogen) atoms. The van der Waals surface area contributed by atoms with E-state index in [9.17, 15) is 4.79 Å². The Labute approximate surface area is 128 Å². The maximum absolute atomic E-state index is 12.2. The first-order valence-electron chi connectivity index (χ1n) is 5.88. The van der Waals surface area contributed by atoms with Crippen molar-refractivity contribution in [2.24, 2.45) is 0 Å². The van der Waals surface area contributed by atoms with Crippen molar-refractivity contribution in [3.05, 3.63) is 62.5 Å². The van der Waals surface area contributed by atoms with E-state index in [0.29, 0.717) is 17.7 Å². The van der Waals surface area contributed by atoms with Crippen LogP contribution in [0.5, 0.6) is 5.75 Å². The van der Waals surface area contributed by atoms with Crippen molar-refractivity contribution in [3.8, 4) is 5.75 Å². The molecule has 0 N–H and O–H groups in total. The van der Waals surface area contributed by atoms with Crippen molar-refractivity contribution in [2.45, 2.75) is 12.5 Å². The van der Waals surface area contributed by atoms with E-state index >= 15 is 0 Å². The minimum absolute atomic E-state index is 0.118. The molecule has 3 rings (SSSR count). The normalized spacial score (nSPS) is 17.8. The van der Waals surface area contributed by atoms with Crippen LogP contribution in [-0.4, -0.2) is 5.78 Å². The Morgan fingerprint density at radius 1 is 1.05 bits per heavy atom. The monoisotopic (exact) mass is 380 g/mol. The molecule has 0 saturated heterocycles. The summed E-state index contributed by atoms with van der Waals surface area (Å²) in [6.07, 6.45) is 0.165. The first-order chi connectivity index (χ1) is 9.13. The number of Topliss-reactive ketones (excluding diaryl/α,β-unsaturated/α-hetero) is 1. The van der Waals surface area contributed by atoms with E-state index in [1.54, 1.807) is 0 Å². The number of fused-ring (bicyclic) bond motifs is 1. The topological polar surface area (TPSA) is 26.3 Å². The molecule has 1 unspecified atom stereocenters. The smallest absolute Gasteiger partial charge is 0.170 e. The first-order valence-corrected chi connectivity index (χ1v) is 7.47. The van der Waals surface area contributed by atoms with E-state index < -0.39 is 0 Å². The van der Waals surface area contributed by atoms with Crippen molar-refractivity contribution in [3.63, 3.8) is 0 Å². The van der Waals surface area contributed by atoms with E-state index in [-0.39, 0.29) is 11.9 Å². The molecule has 0 spiro atoms. The zero-order chi connectivity index (χ0) is 13.4. The molecule has 0 saturated carbocycles. The summed E-state index contributed by atoms with van der Waals surface area (Å²) in [5, 5.41) is 0. The van der Waals surface area contributed by atoms with Gasteiger partial charge < -0.3 is 4.74 Å². The van der Waals surface area contributed by atoms with E-state index in [2.05, 4.69) is 31.9 Å². The second kappa shape index (κ2) is 5.10. The van der Waals surface area contributed by atoms with Crippen LogP contribution in [0.4, 0.5) is 0 Å². The van der Waals surface area contributed by atoms with Gasteiger partial charge in [0.15, 0.2) is 5.78 Å². The number of rotatable bonds is 1. The molecule has 1 aliphatic heterocycles. The van der Waals surface area contributed by atoms with Crippen LogP contribution in [-0.2, 0) is 0 Å². The quantitative estimate of drug-likeness (QED) is 0.700. The van der Waals surface area contributed by atoms with Crippen LogP contribution in [0.15, 0.2) is 51.4 Å². The summed E-state index contributed by atoms with van der Waals surface area (Å²) in [5.41, 5.74) is 1.66. The molecule has 1 aliphatic rings. The third kappa shape index (κ3) is 2.60. The SMILES string of the molecule is O=C1CC(c2cccc(Br)c2)Oc2ccc(Br)cc21. The summed E-state index contributed by atoms with van der Waals surface area (Å²) in [5.74, 6) is 0.775. The van der Waals surface area contributed by atoms with Crippen LogP contribution < -0.4 is 4.74 Å². The van der Waals surface area contributed by atoms with E-state index in [1.165, 1.54) is 0 Å². The highest BCUT2D eigenvalue weighted by Gasteiger charge is 2.27. The lowest BCUT2D eigenvalue weighted by Crippen LogP contribution is -2.20. The van der Waals surface area contributed by atoms with Crippen molar-refractivity contribution in [1.29, 1.82) is 0 Å². The first kappa shape index (κ1) is 12.9. The summed E-state index contributed by atoms with van der Waals surface area (Å²) in [4.78, 5) is 12.2. The van der Waals surface area contributed by atoms with Crippen LogP contribution >= 0.6 is 31.9 Å². The molecule has 2 nitrogen and oxygen atoms in total. The molecular weight excluding hydrogens is 372 g/mol. The van der Waals surface area contributed by atoms with Gasteiger partial charge in [-0.05, 0) is 35.9 Å². The van der Waals surface area contributed by atoms with E-state index in [1.807, 2.05) is 42.5 Å². The molecular formula is C15H10Br2O2. The second-order valence-corrected chi connectivity index (χ2v) is 6.26. The molecule has 1 atom stereocenters. The molecule has 0 aromatic heterocycles. The Bertz CT molecular complexity index is 652. The summed E-state index contributed by atoms with van der Waals surface area (Å²) >= 11 is 6.81. The average Bonchev–Trinajstić information content (AvgIpc) is 2.39. The highest BCUT2D eigenvalue weighted by molar-refractivity contribution is 9.10. The van der Waals surface area contributed by atoms with Gasteiger partial charge >= 0.3 is 0 Å². The van der Waals surface area contributed by atoms with Gasteiger partial charge in [-0.15, -0.1) is 0 Å². The Hall–Kier alpha value is -1.13. The van der Waals surface area contributed by atoms with Gasteiger partial charge in [-0.1, -0.05) is 44.0 Å². The second-order valence-electron chi connectivity index (χ2n) is 4.43.